The van der Waals surface area contributed by atoms with Gasteiger partial charge in [0.25, 0.3) is 0 Å². The van der Waals surface area contributed by atoms with Gasteiger partial charge in [0.2, 0.25) is 0 Å². The minimum atomic E-state index is -0.280. The number of ether oxygens (including phenoxy) is 2. The van der Waals surface area contributed by atoms with Crippen molar-refractivity contribution < 1.29 is 13.9 Å². The van der Waals surface area contributed by atoms with Crippen LogP contribution in [0.1, 0.15) is 52.7 Å². The quantitative estimate of drug-likeness (QED) is 0.165. The second-order valence-corrected chi connectivity index (χ2v) is 22.1. The number of anilines is 5. The summed E-state index contributed by atoms with van der Waals surface area (Å²) < 4.78 is 23.2. The monoisotopic (exact) mass is 943 g/mol. The number of furan rings is 1. The van der Waals surface area contributed by atoms with E-state index in [1.54, 1.807) is 0 Å². The first-order valence-electron chi connectivity index (χ1n) is 25.4. The molecule has 0 atom stereocenters. The highest BCUT2D eigenvalue weighted by atomic mass is 16.6. The van der Waals surface area contributed by atoms with Gasteiger partial charge in [-0.15, -0.1) is 0 Å². The van der Waals surface area contributed by atoms with E-state index < -0.39 is 0 Å². The Balaban J connectivity index is 1.08. The molecule has 10 aromatic carbocycles. The van der Waals surface area contributed by atoms with Gasteiger partial charge in [0, 0.05) is 61.6 Å². The zero-order valence-electron chi connectivity index (χ0n) is 41.6. The Labute approximate surface area is 424 Å². The second kappa shape index (κ2) is 14.9. The summed E-state index contributed by atoms with van der Waals surface area (Å²) in [6, 6.07) is 70.8. The minimum Gasteiger partial charge on any atom is -0.454 e. The molecule has 15 rings (SSSR count). The van der Waals surface area contributed by atoms with E-state index in [-0.39, 0.29) is 17.7 Å². The van der Waals surface area contributed by atoms with Crippen molar-refractivity contribution in [1.82, 2.24) is 4.57 Å². The van der Waals surface area contributed by atoms with Gasteiger partial charge in [-0.2, -0.15) is 0 Å². The Morgan fingerprint density at radius 2 is 1.07 bits per heavy atom. The maximum atomic E-state index is 6.98. The third-order valence-electron chi connectivity index (χ3n) is 15.7. The highest BCUT2D eigenvalue weighted by Crippen LogP contribution is 2.55. The summed E-state index contributed by atoms with van der Waals surface area (Å²) in [7, 11) is 0. The predicted octanol–water partition coefficient (Wildman–Crippen LogP) is 17.0. The molecule has 7 heteroatoms. The van der Waals surface area contributed by atoms with Gasteiger partial charge in [-0.25, -0.2) is 0 Å². The molecule has 2 aromatic heterocycles. The third-order valence-corrected chi connectivity index (χ3v) is 15.7. The van der Waals surface area contributed by atoms with E-state index in [9.17, 15) is 0 Å². The van der Waals surface area contributed by atoms with Crippen molar-refractivity contribution in [3.05, 3.63) is 205 Å². The van der Waals surface area contributed by atoms with Gasteiger partial charge in [-0.3, -0.25) is 0 Å². The van der Waals surface area contributed by atoms with E-state index in [1.807, 2.05) is 30.3 Å². The first kappa shape index (κ1) is 42.0. The van der Waals surface area contributed by atoms with Crippen LogP contribution in [0.25, 0.3) is 71.3 Å². The van der Waals surface area contributed by atoms with Crippen molar-refractivity contribution in [2.75, 3.05) is 9.71 Å². The highest BCUT2D eigenvalue weighted by Gasteiger charge is 2.46. The number of nitrogens with zero attached hydrogens (tertiary/aromatic N) is 3. The van der Waals surface area contributed by atoms with Gasteiger partial charge in [0.15, 0.2) is 28.6 Å². The van der Waals surface area contributed by atoms with Crippen molar-refractivity contribution in [2.45, 2.75) is 52.4 Å². The lowest BCUT2D eigenvalue weighted by Crippen LogP contribution is -2.60. The largest absolute Gasteiger partial charge is 0.454 e. The fraction of sp³-hybridized carbons (Fsp3) is 0.121. The van der Waals surface area contributed by atoms with E-state index in [0.29, 0.717) is 23.0 Å². The van der Waals surface area contributed by atoms with Crippen molar-refractivity contribution in [3.8, 4) is 39.8 Å². The van der Waals surface area contributed by atoms with Crippen LogP contribution in [0.2, 0.25) is 0 Å². The fourth-order valence-corrected chi connectivity index (χ4v) is 12.2. The molecule has 0 saturated heterocycles. The first-order chi connectivity index (χ1) is 35.5. The molecule has 0 fully saturated rings. The molecule has 3 aliphatic rings. The van der Waals surface area contributed by atoms with Crippen molar-refractivity contribution >= 4 is 101 Å². The predicted molar refractivity (Wildman–Crippen MR) is 303 cm³/mol. The van der Waals surface area contributed by atoms with Crippen molar-refractivity contribution in [1.29, 1.82) is 0 Å². The molecular weight excluding hydrogens is 894 g/mol. The maximum absolute atomic E-state index is 6.98. The van der Waals surface area contributed by atoms with Crippen LogP contribution >= 0.6 is 0 Å². The number of para-hydroxylation sites is 5. The van der Waals surface area contributed by atoms with Gasteiger partial charge < -0.3 is 28.2 Å². The number of aromatic nitrogens is 1. The van der Waals surface area contributed by atoms with Crippen molar-refractivity contribution in [2.24, 2.45) is 0 Å². The lowest BCUT2D eigenvalue weighted by molar-refractivity contribution is 0.360. The molecule has 12 aromatic rings. The Hall–Kier alpha value is -8.68. The molecule has 0 unspecified atom stereocenters. The van der Waals surface area contributed by atoms with E-state index >= 15 is 0 Å². The number of fused-ring (bicyclic) bond motifs is 14. The average Bonchev–Trinajstić information content (AvgIpc) is 3.96. The lowest BCUT2D eigenvalue weighted by atomic mass is 9.44. The van der Waals surface area contributed by atoms with Crippen LogP contribution in [-0.4, -0.2) is 11.4 Å². The van der Waals surface area contributed by atoms with Crippen LogP contribution in [0.5, 0.6) is 23.0 Å². The van der Waals surface area contributed by atoms with Crippen LogP contribution in [0.15, 0.2) is 199 Å². The topological polar surface area (TPSA) is 43.0 Å². The number of benzene rings is 10. The van der Waals surface area contributed by atoms with Gasteiger partial charge in [0.1, 0.15) is 5.58 Å². The number of hydrogen-bond donors (Lipinski definition) is 0. The van der Waals surface area contributed by atoms with Crippen LogP contribution in [0, 0.1) is 0 Å². The molecule has 0 bridgehead atoms. The lowest BCUT2D eigenvalue weighted by Gasteiger charge is -2.43. The van der Waals surface area contributed by atoms with Gasteiger partial charge in [0.05, 0.1) is 16.7 Å². The summed E-state index contributed by atoms with van der Waals surface area (Å²) in [5.41, 5.74) is 17.5. The van der Waals surface area contributed by atoms with Gasteiger partial charge in [-0.1, -0.05) is 157 Å². The number of rotatable bonds is 4. The fourth-order valence-electron chi connectivity index (χ4n) is 12.2. The van der Waals surface area contributed by atoms with E-state index in [0.717, 1.165) is 67.2 Å². The SMILES string of the molecule is CC(C)(C)c1ccc(N(c2ccc(C(C)(C)C)cc2)c2cc3c4c(c2)-n2c5ccc6ccccc6c5c5cccc(c52)B4N(c2cccc4c2oc2ccccc24)c2cc4c(cc2-3)Oc2ccccc2O4)cc1. The molecular formula is C66H50BN3O3. The molecule has 0 N–H and O–H groups in total. The molecule has 0 saturated carbocycles. The van der Waals surface area contributed by atoms with Crippen LogP contribution < -0.4 is 30.1 Å². The molecule has 0 aliphatic carbocycles. The zero-order chi connectivity index (χ0) is 49.1. The smallest absolute Gasteiger partial charge is 0.333 e. The Morgan fingerprint density at radius 1 is 0.452 bits per heavy atom. The summed E-state index contributed by atoms with van der Waals surface area (Å²) >= 11 is 0. The molecule has 0 radical (unpaired) electrons. The van der Waals surface area contributed by atoms with Crippen LogP contribution in [0.4, 0.5) is 28.4 Å². The summed E-state index contributed by atoms with van der Waals surface area (Å²) in [5, 5.41) is 7.09. The zero-order valence-corrected chi connectivity index (χ0v) is 41.6. The van der Waals surface area contributed by atoms with Crippen LogP contribution in [-0.2, 0) is 10.8 Å². The summed E-state index contributed by atoms with van der Waals surface area (Å²) in [6.07, 6.45) is 0. The van der Waals surface area contributed by atoms with E-state index in [4.69, 9.17) is 13.9 Å². The van der Waals surface area contributed by atoms with E-state index in [1.165, 1.54) is 54.6 Å². The maximum Gasteiger partial charge on any atom is 0.333 e. The Bertz CT molecular complexity index is 4250. The van der Waals surface area contributed by atoms with Crippen molar-refractivity contribution in [3.63, 3.8) is 0 Å². The molecule has 0 amide bonds. The van der Waals surface area contributed by atoms with Crippen LogP contribution in [0.3, 0.4) is 0 Å². The summed E-state index contributed by atoms with van der Waals surface area (Å²) in [5.74, 6) is 2.70. The summed E-state index contributed by atoms with van der Waals surface area (Å²) in [4.78, 5) is 4.97. The second-order valence-electron chi connectivity index (χ2n) is 22.1. The average molecular weight is 944 g/mol. The standard InChI is InChI=1S/C66H50BN3O3/c1-65(2,3)40-26-30-42(31-27-40)68(43-32-28-41(29-33-43)66(4,5)6)44-35-50-49-37-59-60(72-58-24-12-11-23-57(58)71-59)38-54(49)70(53-21-14-18-47-46-17-9-10-22-56(46)73-64(47)53)67-51-20-13-19-48-61-45-16-8-7-15-39(45)25-34-52(61)69(63(48)51)55(36-44)62(50)67/h7-38H,1-6H3. The summed E-state index contributed by atoms with van der Waals surface area (Å²) in [6.45, 7) is 13.4. The number of hydrogen-bond acceptors (Lipinski definition) is 5. The molecule has 0 spiro atoms. The molecule has 73 heavy (non-hydrogen) atoms. The Kier molecular flexibility index (Phi) is 8.60. The molecule has 6 nitrogen and oxygen atoms in total. The van der Waals surface area contributed by atoms with Gasteiger partial charge in [-0.05, 0) is 122 Å². The first-order valence-corrected chi connectivity index (χ1v) is 25.4. The molecule has 5 heterocycles. The van der Waals surface area contributed by atoms with E-state index in [2.05, 4.69) is 220 Å². The minimum absolute atomic E-state index is 0.00510. The highest BCUT2D eigenvalue weighted by molar-refractivity contribution is 6.93. The van der Waals surface area contributed by atoms with Gasteiger partial charge >= 0.3 is 6.85 Å². The Morgan fingerprint density at radius 3 is 1.78 bits per heavy atom. The molecule has 350 valence electrons. The third kappa shape index (κ3) is 6.12. The normalized spacial score (nSPS) is 13.5. The molecule has 3 aliphatic heterocycles.